The summed E-state index contributed by atoms with van der Waals surface area (Å²) in [4.78, 5) is 0. The molecule has 2 aromatic rings. The lowest BCUT2D eigenvalue weighted by molar-refractivity contribution is 1.43. The molecule has 0 spiro atoms. The summed E-state index contributed by atoms with van der Waals surface area (Å²) >= 11 is 15.7. The predicted molar refractivity (Wildman–Crippen MR) is 74.5 cm³/mol. The maximum Gasteiger partial charge on any atom is 0.0487 e. The van der Waals surface area contributed by atoms with E-state index in [0.29, 0.717) is 0 Å². The SMILES string of the molecule is Clc1cccc(-c2c(Cl)cccc2CBr)c1. The number of benzene rings is 2. The Morgan fingerprint density at radius 1 is 1.00 bits per heavy atom. The summed E-state index contributed by atoms with van der Waals surface area (Å²) in [6, 6.07) is 13.6. The molecule has 0 saturated heterocycles. The molecule has 0 bridgehead atoms. The second kappa shape index (κ2) is 5.22. The van der Waals surface area contributed by atoms with Crippen LogP contribution >= 0.6 is 39.1 Å². The molecule has 0 aliphatic heterocycles. The molecule has 0 unspecified atom stereocenters. The van der Waals surface area contributed by atoms with E-state index in [1.807, 2.05) is 36.4 Å². The van der Waals surface area contributed by atoms with Crippen LogP contribution in [0.1, 0.15) is 5.56 Å². The van der Waals surface area contributed by atoms with E-state index in [-0.39, 0.29) is 0 Å². The molecular formula is C13H9BrCl2. The fourth-order valence-electron chi connectivity index (χ4n) is 1.65. The molecule has 0 aliphatic rings. The molecule has 16 heavy (non-hydrogen) atoms. The van der Waals surface area contributed by atoms with Crippen molar-refractivity contribution in [3.05, 3.63) is 58.1 Å². The van der Waals surface area contributed by atoms with Crippen LogP contribution < -0.4 is 0 Å². The van der Waals surface area contributed by atoms with E-state index in [2.05, 4.69) is 22.0 Å². The van der Waals surface area contributed by atoms with Crippen molar-refractivity contribution < 1.29 is 0 Å². The first kappa shape index (κ1) is 12.0. The Morgan fingerprint density at radius 3 is 2.44 bits per heavy atom. The maximum atomic E-state index is 6.23. The zero-order valence-electron chi connectivity index (χ0n) is 8.38. The van der Waals surface area contributed by atoms with Crippen LogP contribution in [-0.4, -0.2) is 0 Å². The van der Waals surface area contributed by atoms with Gasteiger partial charge in [0.15, 0.2) is 0 Å². The van der Waals surface area contributed by atoms with Gasteiger partial charge in [0.05, 0.1) is 0 Å². The summed E-state index contributed by atoms with van der Waals surface area (Å²) in [5.74, 6) is 0. The van der Waals surface area contributed by atoms with E-state index >= 15 is 0 Å². The molecule has 0 amide bonds. The van der Waals surface area contributed by atoms with Gasteiger partial charge in [-0.25, -0.2) is 0 Å². The van der Waals surface area contributed by atoms with Crippen LogP contribution in [-0.2, 0) is 5.33 Å². The summed E-state index contributed by atoms with van der Waals surface area (Å²) in [5, 5.41) is 2.24. The van der Waals surface area contributed by atoms with Gasteiger partial charge in [0.2, 0.25) is 0 Å². The second-order valence-corrected chi connectivity index (χ2v) is 4.82. The van der Waals surface area contributed by atoms with Crippen molar-refractivity contribution in [1.29, 1.82) is 0 Å². The van der Waals surface area contributed by atoms with Crippen molar-refractivity contribution in [2.45, 2.75) is 5.33 Å². The zero-order chi connectivity index (χ0) is 11.5. The van der Waals surface area contributed by atoms with Crippen molar-refractivity contribution in [3.63, 3.8) is 0 Å². The van der Waals surface area contributed by atoms with Crippen LogP contribution in [0.2, 0.25) is 10.0 Å². The standard InChI is InChI=1S/C13H9BrCl2/c14-8-10-4-2-6-12(16)13(10)9-3-1-5-11(15)7-9/h1-7H,8H2. The Hall–Kier alpha value is -0.500. The van der Waals surface area contributed by atoms with Crippen LogP contribution in [0.4, 0.5) is 0 Å². The minimum Gasteiger partial charge on any atom is -0.0876 e. The van der Waals surface area contributed by atoms with Gasteiger partial charge in [-0.1, -0.05) is 63.4 Å². The predicted octanol–water partition coefficient (Wildman–Crippen LogP) is 5.56. The number of rotatable bonds is 2. The Balaban J connectivity index is 2.63. The quantitative estimate of drug-likeness (QED) is 0.637. The summed E-state index contributed by atoms with van der Waals surface area (Å²) < 4.78 is 0. The third-order valence-electron chi connectivity index (χ3n) is 2.36. The van der Waals surface area contributed by atoms with Crippen molar-refractivity contribution in [1.82, 2.24) is 0 Å². The number of alkyl halides is 1. The first-order chi connectivity index (χ1) is 7.72. The van der Waals surface area contributed by atoms with Gasteiger partial charge in [-0.15, -0.1) is 0 Å². The van der Waals surface area contributed by atoms with E-state index in [9.17, 15) is 0 Å². The highest BCUT2D eigenvalue weighted by molar-refractivity contribution is 9.08. The Bertz CT molecular complexity index is 509. The van der Waals surface area contributed by atoms with Crippen LogP contribution in [0.3, 0.4) is 0 Å². The van der Waals surface area contributed by atoms with Gasteiger partial charge in [-0.05, 0) is 29.3 Å². The average molecular weight is 316 g/mol. The number of halogens is 3. The van der Waals surface area contributed by atoms with E-state index in [1.54, 1.807) is 0 Å². The van der Waals surface area contributed by atoms with E-state index < -0.39 is 0 Å². The first-order valence-electron chi connectivity index (χ1n) is 4.81. The molecule has 0 aromatic heterocycles. The molecular weight excluding hydrogens is 307 g/mol. The van der Waals surface area contributed by atoms with E-state index in [4.69, 9.17) is 23.2 Å². The number of hydrogen-bond donors (Lipinski definition) is 0. The van der Waals surface area contributed by atoms with Crippen molar-refractivity contribution >= 4 is 39.1 Å². The molecule has 2 aromatic carbocycles. The van der Waals surface area contributed by atoms with Gasteiger partial charge in [-0.3, -0.25) is 0 Å². The summed E-state index contributed by atoms with van der Waals surface area (Å²) in [7, 11) is 0. The first-order valence-corrected chi connectivity index (χ1v) is 6.69. The molecule has 0 N–H and O–H groups in total. The largest absolute Gasteiger partial charge is 0.0876 e. The molecule has 0 nitrogen and oxygen atoms in total. The smallest absolute Gasteiger partial charge is 0.0487 e. The van der Waals surface area contributed by atoms with Crippen molar-refractivity contribution in [2.24, 2.45) is 0 Å². The minimum atomic E-state index is 0.720. The highest BCUT2D eigenvalue weighted by Gasteiger charge is 2.08. The lowest BCUT2D eigenvalue weighted by atomic mass is 10.0. The molecule has 3 heteroatoms. The maximum absolute atomic E-state index is 6.23. The van der Waals surface area contributed by atoms with Crippen LogP contribution in [0.25, 0.3) is 11.1 Å². The van der Waals surface area contributed by atoms with E-state index in [1.165, 1.54) is 0 Å². The summed E-state index contributed by atoms with van der Waals surface area (Å²) in [6.07, 6.45) is 0. The van der Waals surface area contributed by atoms with Crippen LogP contribution in [0, 0.1) is 0 Å². The monoisotopic (exact) mass is 314 g/mol. The normalized spacial score (nSPS) is 10.4. The van der Waals surface area contributed by atoms with Crippen molar-refractivity contribution in [3.8, 4) is 11.1 Å². The van der Waals surface area contributed by atoms with Gasteiger partial charge < -0.3 is 0 Å². The highest BCUT2D eigenvalue weighted by Crippen LogP contribution is 2.33. The van der Waals surface area contributed by atoms with Gasteiger partial charge >= 0.3 is 0 Å². The summed E-state index contributed by atoms with van der Waals surface area (Å²) in [5.41, 5.74) is 3.26. The Morgan fingerprint density at radius 2 is 1.75 bits per heavy atom. The fourth-order valence-corrected chi connectivity index (χ4v) is 2.61. The van der Waals surface area contributed by atoms with Gasteiger partial charge in [0, 0.05) is 20.9 Å². The number of hydrogen-bond acceptors (Lipinski definition) is 0. The minimum absolute atomic E-state index is 0.720. The lowest BCUT2D eigenvalue weighted by Crippen LogP contribution is -1.87. The third kappa shape index (κ3) is 2.42. The molecule has 0 heterocycles. The summed E-state index contributed by atoms with van der Waals surface area (Å²) in [6.45, 7) is 0. The zero-order valence-corrected chi connectivity index (χ0v) is 11.5. The van der Waals surface area contributed by atoms with E-state index in [0.717, 1.165) is 32.1 Å². The van der Waals surface area contributed by atoms with Gasteiger partial charge in [-0.2, -0.15) is 0 Å². The lowest BCUT2D eigenvalue weighted by Gasteiger charge is -2.09. The average Bonchev–Trinajstić information content (AvgIpc) is 2.28. The van der Waals surface area contributed by atoms with Gasteiger partial charge in [0.25, 0.3) is 0 Å². The molecule has 0 saturated carbocycles. The van der Waals surface area contributed by atoms with Crippen LogP contribution in [0.5, 0.6) is 0 Å². The molecule has 0 atom stereocenters. The molecule has 0 fully saturated rings. The van der Waals surface area contributed by atoms with Gasteiger partial charge in [0.1, 0.15) is 0 Å². The Kier molecular flexibility index (Phi) is 3.91. The molecule has 82 valence electrons. The van der Waals surface area contributed by atoms with Crippen LogP contribution in [0.15, 0.2) is 42.5 Å². The third-order valence-corrected chi connectivity index (χ3v) is 3.51. The molecule has 2 rings (SSSR count). The highest BCUT2D eigenvalue weighted by atomic mass is 79.9. The molecule has 0 aliphatic carbocycles. The second-order valence-electron chi connectivity index (χ2n) is 3.42. The Labute approximate surface area is 113 Å². The fraction of sp³-hybridized carbons (Fsp3) is 0.0769. The topological polar surface area (TPSA) is 0 Å². The molecule has 0 radical (unpaired) electrons. The van der Waals surface area contributed by atoms with Crippen molar-refractivity contribution in [2.75, 3.05) is 0 Å².